The first-order valence-corrected chi connectivity index (χ1v) is 7.60. The van der Waals surface area contributed by atoms with Crippen molar-refractivity contribution in [2.45, 2.75) is 6.17 Å². The van der Waals surface area contributed by atoms with Gasteiger partial charge in [-0.2, -0.15) is 10.2 Å². The molecule has 1 amide bonds. The van der Waals surface area contributed by atoms with Crippen molar-refractivity contribution < 1.29 is 19.5 Å². The van der Waals surface area contributed by atoms with Crippen molar-refractivity contribution in [2.24, 2.45) is 10.2 Å². The molecule has 0 radical (unpaired) electrons. The van der Waals surface area contributed by atoms with Gasteiger partial charge < -0.3 is 10.4 Å². The number of aliphatic carboxylic acids is 1. The lowest BCUT2D eigenvalue weighted by Crippen LogP contribution is -2.39. The summed E-state index contributed by atoms with van der Waals surface area (Å²) >= 11 is 5.32. The SMILES string of the molecule is O=C(CCl)NC(/N=N/c1ccccc1C(=O)c1ccccn1)C(=O)O. The maximum Gasteiger partial charge on any atom is 0.351 e. The number of carboxylic acids is 1. The van der Waals surface area contributed by atoms with E-state index in [4.69, 9.17) is 16.7 Å². The third-order valence-electron chi connectivity index (χ3n) is 2.98. The van der Waals surface area contributed by atoms with Crippen LogP contribution < -0.4 is 5.32 Å². The molecule has 1 unspecified atom stereocenters. The number of pyridine rings is 1. The minimum Gasteiger partial charge on any atom is -0.478 e. The van der Waals surface area contributed by atoms with E-state index in [0.717, 1.165) is 0 Å². The van der Waals surface area contributed by atoms with Gasteiger partial charge in [0.15, 0.2) is 0 Å². The Hall–Kier alpha value is -3.13. The van der Waals surface area contributed by atoms with Crippen LogP contribution in [0.15, 0.2) is 58.9 Å². The zero-order valence-corrected chi connectivity index (χ0v) is 13.6. The van der Waals surface area contributed by atoms with Crippen LogP contribution >= 0.6 is 11.6 Å². The molecule has 128 valence electrons. The fraction of sp³-hybridized carbons (Fsp3) is 0.125. The molecule has 1 atom stereocenters. The van der Waals surface area contributed by atoms with Crippen molar-refractivity contribution >= 4 is 34.9 Å². The molecular weight excluding hydrogens is 348 g/mol. The Balaban J connectivity index is 2.29. The Kier molecular flexibility index (Phi) is 6.30. The topological polar surface area (TPSA) is 121 Å². The van der Waals surface area contributed by atoms with Gasteiger partial charge in [-0.05, 0) is 24.3 Å². The van der Waals surface area contributed by atoms with Crippen molar-refractivity contribution in [3.05, 3.63) is 59.9 Å². The molecule has 1 aromatic heterocycles. The number of azo groups is 1. The van der Waals surface area contributed by atoms with Gasteiger partial charge >= 0.3 is 5.97 Å². The summed E-state index contributed by atoms with van der Waals surface area (Å²) < 4.78 is 0. The maximum absolute atomic E-state index is 12.5. The number of amides is 1. The van der Waals surface area contributed by atoms with E-state index in [9.17, 15) is 14.4 Å². The highest BCUT2D eigenvalue weighted by atomic mass is 35.5. The Labute approximate surface area is 147 Å². The standard InChI is InChI=1S/C16H13ClN4O4/c17-9-13(22)19-15(16(24)25)21-20-11-6-2-1-5-10(11)14(23)12-7-3-4-8-18-12/h1-8,15H,9H2,(H,19,22)(H,24,25)/b21-20+. The van der Waals surface area contributed by atoms with Gasteiger partial charge in [0.2, 0.25) is 17.9 Å². The number of halogens is 1. The molecule has 0 aliphatic rings. The Bertz CT molecular complexity index is 811. The Morgan fingerprint density at radius 2 is 1.88 bits per heavy atom. The number of ketones is 1. The molecule has 0 aliphatic heterocycles. The molecule has 0 saturated carbocycles. The van der Waals surface area contributed by atoms with Crippen molar-refractivity contribution in [3.63, 3.8) is 0 Å². The predicted molar refractivity (Wildman–Crippen MR) is 88.9 cm³/mol. The number of hydrogen-bond donors (Lipinski definition) is 2. The second kappa shape index (κ2) is 8.65. The predicted octanol–water partition coefficient (Wildman–Crippen LogP) is 2.16. The van der Waals surface area contributed by atoms with Gasteiger partial charge in [-0.1, -0.05) is 18.2 Å². The van der Waals surface area contributed by atoms with Crippen LogP contribution in [0.5, 0.6) is 0 Å². The molecule has 0 saturated heterocycles. The fourth-order valence-electron chi connectivity index (χ4n) is 1.84. The molecule has 0 fully saturated rings. The number of nitrogens with zero attached hydrogens (tertiary/aromatic N) is 3. The van der Waals surface area contributed by atoms with Crippen LogP contribution in [0, 0.1) is 0 Å². The van der Waals surface area contributed by atoms with E-state index < -0.39 is 23.9 Å². The molecule has 9 heteroatoms. The van der Waals surface area contributed by atoms with E-state index >= 15 is 0 Å². The lowest BCUT2D eigenvalue weighted by molar-refractivity contribution is -0.141. The number of benzene rings is 1. The van der Waals surface area contributed by atoms with Crippen molar-refractivity contribution in [1.29, 1.82) is 0 Å². The van der Waals surface area contributed by atoms with Crippen LogP contribution in [0.4, 0.5) is 5.69 Å². The average Bonchev–Trinajstić information content (AvgIpc) is 2.65. The first-order valence-electron chi connectivity index (χ1n) is 7.06. The van der Waals surface area contributed by atoms with E-state index in [1.807, 2.05) is 0 Å². The van der Waals surface area contributed by atoms with Gasteiger partial charge in [-0.3, -0.25) is 14.6 Å². The molecular formula is C16H13ClN4O4. The lowest BCUT2D eigenvalue weighted by atomic mass is 10.1. The summed E-state index contributed by atoms with van der Waals surface area (Å²) in [5.74, 6) is -2.90. The summed E-state index contributed by atoms with van der Waals surface area (Å²) in [4.78, 5) is 38.8. The Morgan fingerprint density at radius 3 is 2.52 bits per heavy atom. The normalized spacial score (nSPS) is 11.9. The highest BCUT2D eigenvalue weighted by Crippen LogP contribution is 2.22. The highest BCUT2D eigenvalue weighted by Gasteiger charge is 2.19. The van der Waals surface area contributed by atoms with Gasteiger partial charge in [-0.25, -0.2) is 4.79 Å². The van der Waals surface area contributed by atoms with Crippen molar-refractivity contribution in [1.82, 2.24) is 10.3 Å². The van der Waals surface area contributed by atoms with Crippen molar-refractivity contribution in [3.8, 4) is 0 Å². The smallest absolute Gasteiger partial charge is 0.351 e. The third kappa shape index (κ3) is 4.92. The lowest BCUT2D eigenvalue weighted by Gasteiger charge is -2.08. The van der Waals surface area contributed by atoms with Crippen molar-refractivity contribution in [2.75, 3.05) is 5.88 Å². The van der Waals surface area contributed by atoms with Gasteiger partial charge in [0.05, 0.1) is 11.3 Å². The molecule has 2 aromatic rings. The van der Waals surface area contributed by atoms with E-state index in [1.54, 1.807) is 30.3 Å². The zero-order valence-electron chi connectivity index (χ0n) is 12.8. The molecule has 2 rings (SSSR count). The van der Waals surface area contributed by atoms with Gasteiger partial charge in [-0.15, -0.1) is 11.6 Å². The largest absolute Gasteiger partial charge is 0.478 e. The van der Waals surface area contributed by atoms with Gasteiger partial charge in [0.1, 0.15) is 11.6 Å². The second-order valence-electron chi connectivity index (χ2n) is 4.72. The number of carboxylic acid groups (broad SMARTS) is 1. The molecule has 8 nitrogen and oxygen atoms in total. The van der Waals surface area contributed by atoms with E-state index in [-0.39, 0.29) is 22.7 Å². The Morgan fingerprint density at radius 1 is 1.16 bits per heavy atom. The first kappa shape index (κ1) is 18.2. The van der Waals surface area contributed by atoms with Crippen LogP contribution in [-0.2, 0) is 9.59 Å². The monoisotopic (exact) mass is 360 g/mol. The summed E-state index contributed by atoms with van der Waals surface area (Å²) in [5.41, 5.74) is 0.581. The van der Waals surface area contributed by atoms with Gasteiger partial charge in [0, 0.05) is 6.20 Å². The van der Waals surface area contributed by atoms with Crippen LogP contribution in [0.2, 0.25) is 0 Å². The third-order valence-corrected chi connectivity index (χ3v) is 3.22. The van der Waals surface area contributed by atoms with Crippen LogP contribution in [0.3, 0.4) is 0 Å². The van der Waals surface area contributed by atoms with Crippen LogP contribution in [0.25, 0.3) is 0 Å². The molecule has 1 aromatic carbocycles. The minimum atomic E-state index is -1.61. The number of carbonyl (C=O) groups is 3. The summed E-state index contributed by atoms with van der Waals surface area (Å²) in [5, 5.41) is 18.5. The molecule has 1 heterocycles. The molecule has 0 bridgehead atoms. The highest BCUT2D eigenvalue weighted by molar-refractivity contribution is 6.27. The summed E-state index contributed by atoms with van der Waals surface area (Å²) in [7, 11) is 0. The number of rotatable bonds is 7. The molecule has 2 N–H and O–H groups in total. The van der Waals surface area contributed by atoms with E-state index in [2.05, 4.69) is 20.5 Å². The average molecular weight is 361 g/mol. The molecule has 0 aliphatic carbocycles. The molecule has 0 spiro atoms. The zero-order chi connectivity index (χ0) is 18.2. The number of alkyl halides is 1. The fourth-order valence-corrected chi connectivity index (χ4v) is 1.92. The first-order chi connectivity index (χ1) is 12.0. The number of carbonyl (C=O) groups excluding carboxylic acids is 2. The van der Waals surface area contributed by atoms with Crippen LogP contribution in [0.1, 0.15) is 16.1 Å². The number of aromatic nitrogens is 1. The second-order valence-corrected chi connectivity index (χ2v) is 4.99. The molecule has 25 heavy (non-hydrogen) atoms. The maximum atomic E-state index is 12.5. The van der Waals surface area contributed by atoms with E-state index in [1.165, 1.54) is 18.3 Å². The van der Waals surface area contributed by atoms with Gasteiger partial charge in [0.25, 0.3) is 0 Å². The summed E-state index contributed by atoms with van der Waals surface area (Å²) in [6, 6.07) is 11.2. The van der Waals surface area contributed by atoms with E-state index in [0.29, 0.717) is 0 Å². The quantitative estimate of drug-likeness (QED) is 0.445. The summed E-state index contributed by atoms with van der Waals surface area (Å²) in [6.07, 6.45) is -0.122. The number of nitrogens with one attached hydrogen (secondary N) is 1. The minimum absolute atomic E-state index is 0.157. The summed E-state index contributed by atoms with van der Waals surface area (Å²) in [6.45, 7) is 0. The number of hydrogen-bond acceptors (Lipinski definition) is 6. The van der Waals surface area contributed by atoms with Crippen LogP contribution in [-0.4, -0.2) is 39.8 Å².